The molecule has 2 heterocycles. The molecule has 0 radical (unpaired) electrons. The summed E-state index contributed by atoms with van der Waals surface area (Å²) in [6, 6.07) is 7.55. The number of hydrogen-bond donors (Lipinski definition) is 0. The van der Waals surface area contributed by atoms with Gasteiger partial charge in [0.2, 0.25) is 0 Å². The van der Waals surface area contributed by atoms with Gasteiger partial charge in [-0.2, -0.15) is 0 Å². The molecule has 18 heavy (non-hydrogen) atoms. The molecule has 0 fully saturated rings. The van der Waals surface area contributed by atoms with Crippen molar-refractivity contribution in [2.24, 2.45) is 10.9 Å². The maximum atomic E-state index is 12.4. The first-order valence-corrected chi connectivity index (χ1v) is 6.46. The molecule has 1 amide bonds. The Morgan fingerprint density at radius 3 is 2.50 bits per heavy atom. The molecule has 1 atom stereocenters. The number of rotatable bonds is 1. The average Bonchev–Trinajstić information content (AvgIpc) is 2.77. The van der Waals surface area contributed by atoms with E-state index in [9.17, 15) is 4.79 Å². The lowest BCUT2D eigenvalue weighted by Crippen LogP contribution is -2.43. The Morgan fingerprint density at radius 2 is 1.89 bits per heavy atom. The molecule has 1 aromatic carbocycles. The highest BCUT2D eigenvalue weighted by Gasteiger charge is 2.50. The first kappa shape index (κ1) is 11.5. The van der Waals surface area contributed by atoms with E-state index in [0.29, 0.717) is 10.6 Å². The number of aliphatic imine (C=N–C) groups is 1. The van der Waals surface area contributed by atoms with Gasteiger partial charge in [-0.1, -0.05) is 44.3 Å². The fourth-order valence-corrected chi connectivity index (χ4v) is 2.82. The molecular formula is C14H14N2OS. The maximum Gasteiger partial charge on any atom is 0.265 e. The van der Waals surface area contributed by atoms with Gasteiger partial charge in [-0.3, -0.25) is 14.7 Å². The quantitative estimate of drug-likeness (QED) is 0.725. The second-order valence-corrected chi connectivity index (χ2v) is 5.62. The molecule has 0 saturated carbocycles. The van der Waals surface area contributed by atoms with E-state index in [-0.39, 0.29) is 11.8 Å². The van der Waals surface area contributed by atoms with Crippen molar-refractivity contribution < 1.29 is 4.79 Å². The SMILES string of the molecule is CC(C)C1(C)N=C2c3ccccc3C(=O)N2C1=S. The highest BCUT2D eigenvalue weighted by atomic mass is 32.1. The highest BCUT2D eigenvalue weighted by molar-refractivity contribution is 7.80. The molecule has 0 N–H and O–H groups in total. The minimum absolute atomic E-state index is 0.0428. The van der Waals surface area contributed by atoms with Crippen LogP contribution in [0.25, 0.3) is 0 Å². The molecule has 0 spiro atoms. The van der Waals surface area contributed by atoms with Gasteiger partial charge >= 0.3 is 0 Å². The van der Waals surface area contributed by atoms with Crippen LogP contribution in [0.3, 0.4) is 0 Å². The zero-order valence-electron chi connectivity index (χ0n) is 10.6. The standard InChI is InChI=1S/C14H14N2OS/c1-8(2)14(3)13(18)16-11(15-14)9-6-4-5-7-10(9)12(16)17/h4-8H,1-3H3. The second-order valence-electron chi connectivity index (χ2n) is 5.23. The largest absolute Gasteiger partial charge is 0.268 e. The summed E-state index contributed by atoms with van der Waals surface area (Å²) in [5.74, 6) is 0.943. The van der Waals surface area contributed by atoms with Crippen LogP contribution in [0.15, 0.2) is 29.3 Å². The fourth-order valence-electron chi connectivity index (χ4n) is 2.37. The van der Waals surface area contributed by atoms with E-state index < -0.39 is 5.54 Å². The number of thiocarbonyl (C=S) groups is 1. The highest BCUT2D eigenvalue weighted by Crippen LogP contribution is 2.37. The number of amides is 1. The summed E-state index contributed by atoms with van der Waals surface area (Å²) in [6.45, 7) is 6.16. The summed E-state index contributed by atoms with van der Waals surface area (Å²) >= 11 is 5.48. The van der Waals surface area contributed by atoms with E-state index in [0.717, 1.165) is 11.4 Å². The van der Waals surface area contributed by atoms with Crippen molar-refractivity contribution in [3.05, 3.63) is 35.4 Å². The third-order valence-electron chi connectivity index (χ3n) is 3.91. The maximum absolute atomic E-state index is 12.4. The van der Waals surface area contributed by atoms with Gasteiger partial charge in [0.1, 0.15) is 16.4 Å². The summed E-state index contributed by atoms with van der Waals surface area (Å²) in [5.41, 5.74) is 1.15. The van der Waals surface area contributed by atoms with Gasteiger partial charge in [0.05, 0.1) is 5.56 Å². The predicted molar refractivity (Wildman–Crippen MR) is 75.0 cm³/mol. The van der Waals surface area contributed by atoms with Crippen LogP contribution in [0.2, 0.25) is 0 Å². The monoisotopic (exact) mass is 258 g/mol. The Balaban J connectivity index is 2.22. The van der Waals surface area contributed by atoms with Gasteiger partial charge in [0.15, 0.2) is 0 Å². The van der Waals surface area contributed by atoms with Crippen molar-refractivity contribution >= 4 is 28.9 Å². The number of benzene rings is 1. The molecule has 3 rings (SSSR count). The Labute approximate surface area is 112 Å². The third kappa shape index (κ3) is 1.21. The zero-order chi connectivity index (χ0) is 13.1. The molecular weight excluding hydrogens is 244 g/mol. The van der Waals surface area contributed by atoms with Crippen LogP contribution in [0, 0.1) is 5.92 Å². The summed E-state index contributed by atoms with van der Waals surface area (Å²) in [6.07, 6.45) is 0. The van der Waals surface area contributed by atoms with Gasteiger partial charge in [-0.05, 0) is 18.9 Å². The molecule has 0 bridgehead atoms. The number of fused-ring (bicyclic) bond motifs is 3. The van der Waals surface area contributed by atoms with Gasteiger partial charge in [0.25, 0.3) is 5.91 Å². The first-order chi connectivity index (χ1) is 8.47. The van der Waals surface area contributed by atoms with Gasteiger partial charge in [-0.15, -0.1) is 0 Å². The van der Waals surface area contributed by atoms with E-state index in [2.05, 4.69) is 13.8 Å². The number of carbonyl (C=O) groups excluding carboxylic acids is 1. The van der Waals surface area contributed by atoms with Crippen molar-refractivity contribution in [1.82, 2.24) is 4.90 Å². The summed E-state index contributed by atoms with van der Waals surface area (Å²) in [7, 11) is 0. The zero-order valence-corrected chi connectivity index (χ0v) is 11.4. The molecule has 1 aromatic rings. The second kappa shape index (κ2) is 3.48. The molecule has 2 aliphatic heterocycles. The minimum atomic E-state index is -0.451. The number of amidine groups is 1. The van der Waals surface area contributed by atoms with Gasteiger partial charge < -0.3 is 0 Å². The van der Waals surface area contributed by atoms with Crippen LogP contribution in [0.4, 0.5) is 0 Å². The van der Waals surface area contributed by atoms with E-state index in [1.54, 1.807) is 4.90 Å². The van der Waals surface area contributed by atoms with Crippen LogP contribution < -0.4 is 0 Å². The normalized spacial score (nSPS) is 25.6. The molecule has 4 heteroatoms. The Kier molecular flexibility index (Phi) is 2.23. The smallest absolute Gasteiger partial charge is 0.265 e. The Hall–Kier alpha value is -1.55. The molecule has 0 saturated heterocycles. The molecule has 0 aromatic heterocycles. The first-order valence-electron chi connectivity index (χ1n) is 6.05. The van der Waals surface area contributed by atoms with Crippen LogP contribution in [-0.2, 0) is 0 Å². The third-order valence-corrected chi connectivity index (χ3v) is 4.51. The fraction of sp³-hybridized carbons (Fsp3) is 0.357. The number of carbonyl (C=O) groups is 1. The molecule has 2 aliphatic rings. The van der Waals surface area contributed by atoms with E-state index in [1.807, 2.05) is 31.2 Å². The van der Waals surface area contributed by atoms with E-state index in [1.165, 1.54) is 0 Å². The molecule has 3 nitrogen and oxygen atoms in total. The molecule has 0 aliphatic carbocycles. The summed E-state index contributed by atoms with van der Waals surface area (Å²) in [5, 5.41) is 0. The van der Waals surface area contributed by atoms with Gasteiger partial charge in [-0.25, -0.2) is 0 Å². The van der Waals surface area contributed by atoms with Crippen LogP contribution in [-0.4, -0.2) is 27.2 Å². The predicted octanol–water partition coefficient (Wildman–Crippen LogP) is 2.64. The minimum Gasteiger partial charge on any atom is -0.268 e. The lowest BCUT2D eigenvalue weighted by Gasteiger charge is -2.27. The topological polar surface area (TPSA) is 32.7 Å². The van der Waals surface area contributed by atoms with E-state index >= 15 is 0 Å². The van der Waals surface area contributed by atoms with Crippen molar-refractivity contribution in [3.63, 3.8) is 0 Å². The van der Waals surface area contributed by atoms with Crippen LogP contribution in [0.1, 0.15) is 36.7 Å². The van der Waals surface area contributed by atoms with Gasteiger partial charge in [0, 0.05) is 5.56 Å². The Morgan fingerprint density at radius 1 is 1.28 bits per heavy atom. The number of hydrogen-bond acceptors (Lipinski definition) is 3. The lowest BCUT2D eigenvalue weighted by molar-refractivity contribution is 0.0914. The average molecular weight is 258 g/mol. The van der Waals surface area contributed by atoms with Crippen LogP contribution >= 0.6 is 12.2 Å². The van der Waals surface area contributed by atoms with Crippen molar-refractivity contribution in [2.75, 3.05) is 0 Å². The van der Waals surface area contributed by atoms with Crippen molar-refractivity contribution in [3.8, 4) is 0 Å². The van der Waals surface area contributed by atoms with E-state index in [4.69, 9.17) is 17.2 Å². The van der Waals surface area contributed by atoms with Crippen molar-refractivity contribution in [2.45, 2.75) is 26.3 Å². The lowest BCUT2D eigenvalue weighted by atomic mass is 9.89. The summed E-state index contributed by atoms with van der Waals surface area (Å²) in [4.78, 5) is 19.3. The summed E-state index contributed by atoms with van der Waals surface area (Å²) < 4.78 is 0. The number of nitrogens with zero attached hydrogens (tertiary/aromatic N) is 2. The molecule has 92 valence electrons. The van der Waals surface area contributed by atoms with Crippen molar-refractivity contribution in [1.29, 1.82) is 0 Å². The Bertz CT molecular complexity index is 606. The van der Waals surface area contributed by atoms with Crippen LogP contribution in [0.5, 0.6) is 0 Å². The molecule has 1 unspecified atom stereocenters.